The molecule has 0 radical (unpaired) electrons. The molecule has 1 fully saturated rings. The van der Waals surface area contributed by atoms with Crippen molar-refractivity contribution in [3.05, 3.63) is 0 Å². The highest BCUT2D eigenvalue weighted by Gasteiger charge is 2.44. The topological polar surface area (TPSA) is 279 Å². The van der Waals surface area contributed by atoms with E-state index in [0.717, 1.165) is 4.90 Å². The number of carbonyl (C=O) groups is 11. The normalized spacial score (nSPS) is 26.8. The van der Waals surface area contributed by atoms with Crippen molar-refractivity contribution in [1.29, 1.82) is 0 Å². The second-order valence-electron chi connectivity index (χ2n) is 25.3. The molecule has 0 bridgehead atoms. The maximum atomic E-state index is 15.0. The fourth-order valence-corrected chi connectivity index (χ4v) is 10.3. The maximum absolute atomic E-state index is 15.0. The number of hydrogen-bond donors (Lipinski definition) is 5. The van der Waals surface area contributed by atoms with Gasteiger partial charge in [0, 0.05) is 55.9 Å². The first kappa shape index (κ1) is 74.1. The number of aliphatic hydroxyl groups excluding tert-OH is 1. The molecule has 6 unspecified atom stereocenters. The molecule has 470 valence electrons. The van der Waals surface area contributed by atoms with Crippen LogP contribution in [0.3, 0.4) is 0 Å². The number of rotatable bonds is 15. The van der Waals surface area contributed by atoms with Crippen LogP contribution in [-0.4, -0.2) is 221 Å². The number of imide groups is 1. The van der Waals surface area contributed by atoms with E-state index in [-0.39, 0.29) is 81.1 Å². The van der Waals surface area contributed by atoms with E-state index in [4.69, 9.17) is 0 Å². The van der Waals surface area contributed by atoms with E-state index in [1.54, 1.807) is 34.6 Å². The van der Waals surface area contributed by atoms with Gasteiger partial charge in [0.2, 0.25) is 59.1 Å². The van der Waals surface area contributed by atoms with Crippen LogP contribution >= 0.6 is 0 Å². The molecule has 1 rings (SSSR count). The van der Waals surface area contributed by atoms with Crippen LogP contribution in [0.15, 0.2) is 0 Å². The standard InChI is InChI=1S/C59H107N11O12/c1-24-41-54(77)64(17)40(16)53(76)65(18)43(28-33(4)5)52(75)62-47(36(10)11)57(80)66(19)42(27-32(2)3)50(73)60-39(15)49(72)63-59(82)69(22)46(30-35(8)9)55(78)68(21)45(29-34(6)7)56(79)70(23)48(37(12)13)58(81)67(20)44(51(74)61-41)31-38(14)25-26-71/h32-48,71H,24-31H2,1-23H3,(H,60,73)(H,61,74)(H,62,75)(H,63,72,82)/t38-,39-,40-,41?,42?,43+,44?,45?,46-,47?,48?/m1/s1. The fourth-order valence-electron chi connectivity index (χ4n) is 10.3. The molecule has 23 nitrogen and oxygen atoms in total. The summed E-state index contributed by atoms with van der Waals surface area (Å²) in [5.41, 5.74) is 0. The van der Waals surface area contributed by atoms with E-state index in [1.807, 2.05) is 62.3 Å². The van der Waals surface area contributed by atoms with Gasteiger partial charge in [0.05, 0.1) is 0 Å². The van der Waals surface area contributed by atoms with E-state index in [2.05, 4.69) is 21.3 Å². The van der Waals surface area contributed by atoms with Crippen molar-refractivity contribution >= 4 is 65.1 Å². The van der Waals surface area contributed by atoms with Crippen LogP contribution in [0.1, 0.15) is 156 Å². The van der Waals surface area contributed by atoms with Crippen molar-refractivity contribution in [2.75, 3.05) is 55.9 Å². The second kappa shape index (κ2) is 33.4. The minimum atomic E-state index is -1.33. The van der Waals surface area contributed by atoms with Gasteiger partial charge in [-0.05, 0) is 100 Å². The number of likely N-dealkylation sites (N-methyl/N-ethyl adjacent to an activating group) is 7. The lowest BCUT2D eigenvalue weighted by Crippen LogP contribution is -2.62. The lowest BCUT2D eigenvalue weighted by Gasteiger charge is -2.41. The molecule has 1 heterocycles. The van der Waals surface area contributed by atoms with Crippen molar-refractivity contribution in [2.45, 2.75) is 216 Å². The Kier molecular flexibility index (Phi) is 30.2. The molecular formula is C59H107N11O12. The van der Waals surface area contributed by atoms with Gasteiger partial charge in [-0.1, -0.05) is 96.9 Å². The first-order valence-corrected chi connectivity index (χ1v) is 29.5. The van der Waals surface area contributed by atoms with Gasteiger partial charge in [-0.25, -0.2) is 4.79 Å². The quantitative estimate of drug-likeness (QED) is 0.158. The van der Waals surface area contributed by atoms with Crippen molar-refractivity contribution < 1.29 is 57.8 Å². The summed E-state index contributed by atoms with van der Waals surface area (Å²) < 4.78 is 0. The van der Waals surface area contributed by atoms with Crippen LogP contribution in [0.2, 0.25) is 0 Å². The van der Waals surface area contributed by atoms with Crippen molar-refractivity contribution in [3.8, 4) is 0 Å². The Hall–Kier alpha value is -5.87. The molecule has 0 aliphatic carbocycles. The third kappa shape index (κ3) is 20.5. The highest BCUT2D eigenvalue weighted by atomic mass is 16.3. The molecule has 23 heteroatoms. The zero-order valence-electron chi connectivity index (χ0n) is 54.0. The molecule has 1 saturated heterocycles. The SMILES string of the molecule is CCC1NC(=O)C(C[C@H](C)CCO)N(C)C(=O)C(C(C)C)N(C)C(=O)C(CC(C)C)N(C)C(=O)[C@@H](CC(C)C)N(C)C(=O)NC(=O)[C@@H](C)NC(=O)C(CC(C)C)N(C)C(=O)C(C(C)C)NC(=O)[C@H](CC(C)C)N(C)C(=O)[C@@H](C)N(C)C1=O. The van der Waals surface area contributed by atoms with E-state index < -0.39 is 137 Å². The summed E-state index contributed by atoms with van der Waals surface area (Å²) in [6, 6.07) is -12.9. The third-order valence-electron chi connectivity index (χ3n) is 15.7. The monoisotopic (exact) mass is 1160 g/mol. The Bertz CT molecular complexity index is 2210. The minimum Gasteiger partial charge on any atom is -0.396 e. The Morgan fingerprint density at radius 1 is 0.415 bits per heavy atom. The van der Waals surface area contributed by atoms with Gasteiger partial charge in [0.15, 0.2) is 0 Å². The van der Waals surface area contributed by atoms with Crippen LogP contribution < -0.4 is 21.3 Å². The van der Waals surface area contributed by atoms with Crippen LogP contribution in [0, 0.1) is 41.4 Å². The smallest absolute Gasteiger partial charge is 0.324 e. The van der Waals surface area contributed by atoms with Gasteiger partial charge in [0.25, 0.3) is 0 Å². The Morgan fingerprint density at radius 3 is 1.24 bits per heavy atom. The molecule has 0 saturated carbocycles. The van der Waals surface area contributed by atoms with Gasteiger partial charge in [-0.3, -0.25) is 53.3 Å². The summed E-state index contributed by atoms with van der Waals surface area (Å²) in [4.78, 5) is 168. The zero-order valence-corrected chi connectivity index (χ0v) is 54.0. The first-order chi connectivity index (χ1) is 37.8. The molecule has 12 amide bonds. The van der Waals surface area contributed by atoms with E-state index >= 15 is 9.59 Å². The van der Waals surface area contributed by atoms with Gasteiger partial charge in [0.1, 0.15) is 60.4 Å². The molecule has 1 aliphatic rings. The highest BCUT2D eigenvalue weighted by molar-refractivity contribution is 6.02. The number of amides is 12. The lowest BCUT2D eigenvalue weighted by molar-refractivity contribution is -0.154. The Morgan fingerprint density at radius 2 is 0.805 bits per heavy atom. The molecule has 0 aromatic heterocycles. The average molecular weight is 1160 g/mol. The van der Waals surface area contributed by atoms with Crippen LogP contribution in [0.25, 0.3) is 0 Å². The Balaban J connectivity index is 4.29. The summed E-state index contributed by atoms with van der Waals surface area (Å²) >= 11 is 0. The molecule has 0 aromatic rings. The highest BCUT2D eigenvalue weighted by Crippen LogP contribution is 2.25. The number of nitrogens with one attached hydrogen (secondary N) is 4. The van der Waals surface area contributed by atoms with E-state index in [1.165, 1.54) is 92.6 Å². The summed E-state index contributed by atoms with van der Waals surface area (Å²) in [5.74, 6) is -8.65. The molecule has 0 spiro atoms. The number of carbonyl (C=O) groups excluding carboxylic acids is 11. The first-order valence-electron chi connectivity index (χ1n) is 29.5. The molecule has 82 heavy (non-hydrogen) atoms. The minimum absolute atomic E-state index is 0.0549. The fraction of sp³-hybridized carbons (Fsp3) is 0.814. The Labute approximate surface area is 490 Å². The number of aliphatic hydroxyl groups is 1. The molecule has 5 N–H and O–H groups in total. The summed E-state index contributed by atoms with van der Waals surface area (Å²) in [5, 5.41) is 20.6. The second-order valence-corrected chi connectivity index (χ2v) is 25.3. The van der Waals surface area contributed by atoms with E-state index in [9.17, 15) is 48.3 Å². The molecule has 11 atom stereocenters. The van der Waals surface area contributed by atoms with Gasteiger partial charge >= 0.3 is 6.03 Å². The van der Waals surface area contributed by atoms with Gasteiger partial charge < -0.3 is 55.4 Å². The average Bonchev–Trinajstić information content (AvgIpc) is 3.42. The predicted octanol–water partition coefficient (Wildman–Crippen LogP) is 3.31. The van der Waals surface area contributed by atoms with Gasteiger partial charge in [-0.2, -0.15) is 0 Å². The van der Waals surface area contributed by atoms with Crippen LogP contribution in [0.4, 0.5) is 4.79 Å². The van der Waals surface area contributed by atoms with Crippen LogP contribution in [-0.2, 0) is 47.9 Å². The zero-order chi connectivity index (χ0) is 63.7. The lowest BCUT2D eigenvalue weighted by atomic mass is 9.94. The number of urea groups is 1. The van der Waals surface area contributed by atoms with Crippen molar-refractivity contribution in [1.82, 2.24) is 55.6 Å². The van der Waals surface area contributed by atoms with E-state index in [0.29, 0.717) is 0 Å². The maximum Gasteiger partial charge on any atom is 0.324 e. The van der Waals surface area contributed by atoms with Crippen molar-refractivity contribution in [2.24, 2.45) is 41.4 Å². The molecule has 1 aliphatic heterocycles. The number of hydrogen-bond acceptors (Lipinski definition) is 12. The summed E-state index contributed by atoms with van der Waals surface area (Å²) in [6.45, 7) is 27.9. The van der Waals surface area contributed by atoms with Gasteiger partial charge in [-0.15, -0.1) is 0 Å². The van der Waals surface area contributed by atoms with Crippen molar-refractivity contribution in [3.63, 3.8) is 0 Å². The largest absolute Gasteiger partial charge is 0.396 e. The predicted molar refractivity (Wildman–Crippen MR) is 315 cm³/mol. The molecule has 0 aromatic carbocycles. The summed E-state index contributed by atoms with van der Waals surface area (Å²) in [7, 11) is 9.96. The van der Waals surface area contributed by atoms with Crippen LogP contribution in [0.5, 0.6) is 0 Å². The number of nitrogens with zero attached hydrogens (tertiary/aromatic N) is 7. The molecular weight excluding hydrogens is 1050 g/mol. The third-order valence-corrected chi connectivity index (χ3v) is 15.7. The summed E-state index contributed by atoms with van der Waals surface area (Å²) in [6.07, 6.45) is 0.972.